The second kappa shape index (κ2) is 8.26. The first-order chi connectivity index (χ1) is 13.8. The molecule has 2 aromatic carbocycles. The van der Waals surface area contributed by atoms with Crippen LogP contribution in [0.5, 0.6) is 5.75 Å². The Morgan fingerprint density at radius 2 is 1.86 bits per heavy atom. The number of halogens is 1. The van der Waals surface area contributed by atoms with E-state index in [1.807, 2.05) is 0 Å². The maximum absolute atomic E-state index is 13.6. The van der Waals surface area contributed by atoms with Crippen LogP contribution in [0.1, 0.15) is 28.5 Å². The third-order valence-corrected chi connectivity index (χ3v) is 4.52. The Morgan fingerprint density at radius 3 is 2.55 bits per heavy atom. The summed E-state index contributed by atoms with van der Waals surface area (Å²) in [4.78, 5) is 29.3. The molecule has 0 saturated carbocycles. The van der Waals surface area contributed by atoms with E-state index in [0.29, 0.717) is 27.9 Å². The number of aromatic nitrogens is 1. The van der Waals surface area contributed by atoms with Crippen LogP contribution in [0.3, 0.4) is 0 Å². The second-order valence-electron chi connectivity index (χ2n) is 6.68. The lowest BCUT2D eigenvalue weighted by molar-refractivity contribution is -0.123. The van der Waals surface area contributed by atoms with Gasteiger partial charge >= 0.3 is 5.97 Å². The molecule has 0 aliphatic heterocycles. The van der Waals surface area contributed by atoms with Crippen LogP contribution in [-0.2, 0) is 9.53 Å². The molecule has 1 unspecified atom stereocenters. The van der Waals surface area contributed by atoms with E-state index in [9.17, 15) is 14.0 Å². The van der Waals surface area contributed by atoms with Gasteiger partial charge < -0.3 is 14.8 Å². The summed E-state index contributed by atoms with van der Waals surface area (Å²) in [5.74, 6) is -1.02. The number of carbonyl (C=O) groups excluding carboxylic acids is 2. The first kappa shape index (κ1) is 20.3. The fourth-order valence-electron chi connectivity index (χ4n) is 2.78. The Kier molecular flexibility index (Phi) is 5.77. The zero-order valence-electron chi connectivity index (χ0n) is 16.6. The van der Waals surface area contributed by atoms with Gasteiger partial charge in [0, 0.05) is 11.1 Å². The van der Waals surface area contributed by atoms with Crippen LogP contribution in [-0.4, -0.2) is 30.1 Å². The molecule has 6 nitrogen and oxygen atoms in total. The predicted octanol–water partition coefficient (Wildman–Crippen LogP) is 4.18. The van der Waals surface area contributed by atoms with Gasteiger partial charge in [-0.2, -0.15) is 0 Å². The number of ether oxygens (including phenoxy) is 2. The van der Waals surface area contributed by atoms with Crippen LogP contribution in [0.15, 0.2) is 42.5 Å². The molecular formula is C22H21FN2O4. The minimum absolute atomic E-state index is 0.256. The summed E-state index contributed by atoms with van der Waals surface area (Å²) >= 11 is 0. The Labute approximate surface area is 167 Å². The average molecular weight is 396 g/mol. The van der Waals surface area contributed by atoms with E-state index >= 15 is 0 Å². The van der Waals surface area contributed by atoms with E-state index in [0.717, 1.165) is 0 Å². The number of rotatable bonds is 5. The van der Waals surface area contributed by atoms with E-state index in [1.165, 1.54) is 13.0 Å². The zero-order valence-corrected chi connectivity index (χ0v) is 16.6. The molecule has 1 N–H and O–H groups in total. The molecular weight excluding hydrogens is 375 g/mol. The molecule has 29 heavy (non-hydrogen) atoms. The molecule has 0 bridgehead atoms. The minimum Gasteiger partial charge on any atom is -0.497 e. The highest BCUT2D eigenvalue weighted by Crippen LogP contribution is 2.23. The number of amides is 1. The summed E-state index contributed by atoms with van der Waals surface area (Å²) in [7, 11) is 1.55. The van der Waals surface area contributed by atoms with Gasteiger partial charge in [-0.3, -0.25) is 9.78 Å². The monoisotopic (exact) mass is 396 g/mol. The van der Waals surface area contributed by atoms with Crippen molar-refractivity contribution in [1.29, 1.82) is 0 Å². The number of nitrogens with zero attached hydrogens (tertiary/aromatic N) is 1. The van der Waals surface area contributed by atoms with Gasteiger partial charge in [-0.25, -0.2) is 9.18 Å². The number of anilines is 1. The van der Waals surface area contributed by atoms with Crippen molar-refractivity contribution in [1.82, 2.24) is 4.98 Å². The van der Waals surface area contributed by atoms with Gasteiger partial charge in [0.15, 0.2) is 6.10 Å². The number of hydrogen-bond donors (Lipinski definition) is 1. The minimum atomic E-state index is -1.08. The molecule has 0 fully saturated rings. The van der Waals surface area contributed by atoms with Gasteiger partial charge in [0.25, 0.3) is 5.91 Å². The van der Waals surface area contributed by atoms with Crippen molar-refractivity contribution in [2.75, 3.05) is 12.4 Å². The molecule has 1 atom stereocenters. The highest BCUT2D eigenvalue weighted by Gasteiger charge is 2.21. The number of aryl methyl sites for hydroxylation is 2. The Balaban J connectivity index is 1.75. The second-order valence-corrected chi connectivity index (χ2v) is 6.68. The Morgan fingerprint density at radius 1 is 1.10 bits per heavy atom. The first-order valence-electron chi connectivity index (χ1n) is 9.02. The molecule has 3 aromatic rings. The average Bonchev–Trinajstić information content (AvgIpc) is 2.69. The summed E-state index contributed by atoms with van der Waals surface area (Å²) in [6.45, 7) is 4.77. The number of hydrogen-bond acceptors (Lipinski definition) is 5. The molecule has 7 heteroatoms. The largest absolute Gasteiger partial charge is 0.497 e. The number of esters is 1. The maximum atomic E-state index is 13.6. The fraction of sp³-hybridized carbons (Fsp3) is 0.227. The standard InChI is InChI=1S/C22H21FN2O4/c1-12-5-6-16(11-19(12)23)25-21(26)14(3)29-22(27)18-10-15-9-17(28-4)7-8-20(15)24-13(18)2/h5-11,14H,1-4H3,(H,25,26). The highest BCUT2D eigenvalue weighted by atomic mass is 19.1. The maximum Gasteiger partial charge on any atom is 0.340 e. The number of benzene rings is 2. The Hall–Kier alpha value is -3.48. The molecule has 150 valence electrons. The molecule has 1 aromatic heterocycles. The van der Waals surface area contributed by atoms with Crippen molar-refractivity contribution in [2.45, 2.75) is 26.9 Å². The number of nitrogens with one attached hydrogen (secondary N) is 1. The highest BCUT2D eigenvalue weighted by molar-refractivity contribution is 5.99. The number of carbonyl (C=O) groups is 2. The molecule has 1 amide bonds. The molecule has 0 aliphatic carbocycles. The molecule has 3 rings (SSSR count). The molecule has 1 heterocycles. The van der Waals surface area contributed by atoms with Gasteiger partial charge in [0.1, 0.15) is 11.6 Å². The Bertz CT molecular complexity index is 1100. The van der Waals surface area contributed by atoms with E-state index < -0.39 is 23.8 Å². The number of pyridine rings is 1. The lowest BCUT2D eigenvalue weighted by Crippen LogP contribution is -2.30. The molecule has 0 radical (unpaired) electrons. The van der Waals surface area contributed by atoms with E-state index in [2.05, 4.69) is 10.3 Å². The van der Waals surface area contributed by atoms with Crippen molar-refractivity contribution < 1.29 is 23.5 Å². The van der Waals surface area contributed by atoms with Crippen LogP contribution >= 0.6 is 0 Å². The lowest BCUT2D eigenvalue weighted by Gasteiger charge is -2.15. The third-order valence-electron chi connectivity index (χ3n) is 4.52. The van der Waals surface area contributed by atoms with Gasteiger partial charge in [-0.1, -0.05) is 6.07 Å². The normalized spacial score (nSPS) is 11.8. The van der Waals surface area contributed by atoms with E-state index in [-0.39, 0.29) is 11.3 Å². The number of methoxy groups -OCH3 is 1. The molecule has 0 saturated heterocycles. The third kappa shape index (κ3) is 4.51. The van der Waals surface area contributed by atoms with Crippen LogP contribution in [0.25, 0.3) is 10.9 Å². The topological polar surface area (TPSA) is 77.5 Å². The van der Waals surface area contributed by atoms with E-state index in [4.69, 9.17) is 9.47 Å². The van der Waals surface area contributed by atoms with Crippen LogP contribution in [0, 0.1) is 19.7 Å². The quantitative estimate of drug-likeness (QED) is 0.655. The zero-order chi connectivity index (χ0) is 21.1. The predicted molar refractivity (Wildman–Crippen MR) is 108 cm³/mol. The SMILES string of the molecule is COc1ccc2nc(C)c(C(=O)OC(C)C(=O)Nc3ccc(C)c(F)c3)cc2c1. The van der Waals surface area contributed by atoms with Crippen molar-refractivity contribution in [3.63, 3.8) is 0 Å². The van der Waals surface area contributed by atoms with Crippen LogP contribution in [0.2, 0.25) is 0 Å². The van der Waals surface area contributed by atoms with Crippen LogP contribution < -0.4 is 10.1 Å². The molecule has 0 aliphatic rings. The smallest absolute Gasteiger partial charge is 0.340 e. The lowest BCUT2D eigenvalue weighted by atomic mass is 10.1. The van der Waals surface area contributed by atoms with Crippen molar-refractivity contribution in [3.05, 3.63) is 65.1 Å². The fourth-order valence-corrected chi connectivity index (χ4v) is 2.78. The summed E-state index contributed by atoms with van der Waals surface area (Å²) in [5.41, 5.74) is 2.22. The van der Waals surface area contributed by atoms with Crippen molar-refractivity contribution >= 4 is 28.5 Å². The summed E-state index contributed by atoms with van der Waals surface area (Å²) in [6, 6.07) is 11.4. The molecule has 0 spiro atoms. The van der Waals surface area contributed by atoms with Crippen LogP contribution in [0.4, 0.5) is 10.1 Å². The summed E-state index contributed by atoms with van der Waals surface area (Å²) in [6.07, 6.45) is -1.08. The van der Waals surface area contributed by atoms with Gasteiger partial charge in [0.05, 0.1) is 23.9 Å². The van der Waals surface area contributed by atoms with Crippen molar-refractivity contribution in [2.24, 2.45) is 0 Å². The summed E-state index contributed by atoms with van der Waals surface area (Å²) < 4.78 is 24.1. The van der Waals surface area contributed by atoms with E-state index in [1.54, 1.807) is 57.4 Å². The van der Waals surface area contributed by atoms with Gasteiger partial charge in [-0.05, 0) is 62.7 Å². The van der Waals surface area contributed by atoms with Crippen molar-refractivity contribution in [3.8, 4) is 5.75 Å². The summed E-state index contributed by atoms with van der Waals surface area (Å²) in [5, 5.41) is 3.25. The number of fused-ring (bicyclic) bond motifs is 1. The first-order valence-corrected chi connectivity index (χ1v) is 9.02. The van der Waals surface area contributed by atoms with Gasteiger partial charge in [-0.15, -0.1) is 0 Å². The van der Waals surface area contributed by atoms with Gasteiger partial charge in [0.2, 0.25) is 0 Å².